The molecule has 1 N–H and O–H groups in total. The first-order chi connectivity index (χ1) is 8.86. The van der Waals surface area contributed by atoms with Gasteiger partial charge in [0, 0.05) is 18.6 Å². The summed E-state index contributed by atoms with van der Waals surface area (Å²) < 4.78 is 0. The molecule has 2 aliphatic heterocycles. The SMILES string of the molecule is CC1CC(N2CCC(C(=O)O)(C(C)C)C2)CCN1C. The smallest absolute Gasteiger partial charge is 0.311 e. The second-order valence-corrected chi connectivity index (χ2v) is 6.84. The number of hydrogen-bond donors (Lipinski definition) is 1. The van der Waals surface area contributed by atoms with Crippen LogP contribution in [-0.2, 0) is 4.79 Å². The van der Waals surface area contributed by atoms with Crippen molar-refractivity contribution >= 4 is 5.97 Å². The van der Waals surface area contributed by atoms with Crippen LogP contribution in [0.15, 0.2) is 0 Å². The van der Waals surface area contributed by atoms with Crippen molar-refractivity contribution in [1.82, 2.24) is 9.80 Å². The molecule has 2 rings (SSSR count). The van der Waals surface area contributed by atoms with Gasteiger partial charge in [0.05, 0.1) is 5.41 Å². The number of carboxylic acids is 1. The largest absolute Gasteiger partial charge is 0.481 e. The maximum Gasteiger partial charge on any atom is 0.311 e. The number of rotatable bonds is 3. The van der Waals surface area contributed by atoms with Crippen LogP contribution in [0.25, 0.3) is 0 Å². The Hall–Kier alpha value is -0.610. The highest BCUT2D eigenvalue weighted by Gasteiger charge is 2.48. The molecular formula is C15H28N2O2. The Morgan fingerprint density at radius 1 is 1.37 bits per heavy atom. The fourth-order valence-corrected chi connectivity index (χ4v) is 3.66. The van der Waals surface area contributed by atoms with Crippen LogP contribution in [0, 0.1) is 11.3 Å². The number of aliphatic carboxylic acids is 1. The van der Waals surface area contributed by atoms with Crippen molar-refractivity contribution in [3.63, 3.8) is 0 Å². The van der Waals surface area contributed by atoms with Gasteiger partial charge in [-0.05, 0) is 52.2 Å². The minimum atomic E-state index is -0.606. The van der Waals surface area contributed by atoms with Gasteiger partial charge in [-0.3, -0.25) is 9.69 Å². The van der Waals surface area contributed by atoms with Crippen molar-refractivity contribution < 1.29 is 9.90 Å². The molecule has 0 saturated carbocycles. The Morgan fingerprint density at radius 3 is 2.53 bits per heavy atom. The topological polar surface area (TPSA) is 43.8 Å². The molecule has 3 unspecified atom stereocenters. The third-order valence-corrected chi connectivity index (χ3v) is 5.56. The average molecular weight is 268 g/mol. The Kier molecular flexibility index (Phi) is 4.21. The second kappa shape index (κ2) is 5.41. The van der Waals surface area contributed by atoms with E-state index in [4.69, 9.17) is 0 Å². The summed E-state index contributed by atoms with van der Waals surface area (Å²) in [5.74, 6) is -0.398. The molecule has 2 heterocycles. The van der Waals surface area contributed by atoms with Gasteiger partial charge < -0.3 is 10.0 Å². The molecule has 0 bridgehead atoms. The molecule has 110 valence electrons. The van der Waals surface area contributed by atoms with E-state index in [1.54, 1.807) is 0 Å². The zero-order valence-electron chi connectivity index (χ0n) is 12.7. The average Bonchev–Trinajstić information content (AvgIpc) is 2.79. The van der Waals surface area contributed by atoms with Crippen LogP contribution < -0.4 is 0 Å². The van der Waals surface area contributed by atoms with Crippen LogP contribution in [0.4, 0.5) is 0 Å². The van der Waals surface area contributed by atoms with E-state index in [-0.39, 0.29) is 5.92 Å². The number of piperidine rings is 1. The summed E-state index contributed by atoms with van der Waals surface area (Å²) in [6, 6.07) is 1.18. The maximum atomic E-state index is 11.7. The molecule has 3 atom stereocenters. The van der Waals surface area contributed by atoms with Crippen molar-refractivity contribution in [2.45, 2.75) is 52.1 Å². The third-order valence-electron chi connectivity index (χ3n) is 5.56. The highest BCUT2D eigenvalue weighted by molar-refractivity contribution is 5.75. The first-order valence-corrected chi connectivity index (χ1v) is 7.54. The lowest BCUT2D eigenvalue weighted by atomic mass is 9.76. The van der Waals surface area contributed by atoms with Crippen LogP contribution in [0.5, 0.6) is 0 Å². The molecular weight excluding hydrogens is 240 g/mol. The lowest BCUT2D eigenvalue weighted by Crippen LogP contribution is -2.48. The van der Waals surface area contributed by atoms with Crippen molar-refractivity contribution in [2.75, 3.05) is 26.7 Å². The number of carboxylic acid groups (broad SMARTS) is 1. The monoisotopic (exact) mass is 268 g/mol. The summed E-state index contributed by atoms with van der Waals surface area (Å²) in [7, 11) is 2.18. The third kappa shape index (κ3) is 2.65. The van der Waals surface area contributed by atoms with Gasteiger partial charge in [-0.15, -0.1) is 0 Å². The van der Waals surface area contributed by atoms with Crippen molar-refractivity contribution in [3.8, 4) is 0 Å². The predicted molar refractivity (Wildman–Crippen MR) is 76.2 cm³/mol. The quantitative estimate of drug-likeness (QED) is 0.849. The van der Waals surface area contributed by atoms with E-state index in [9.17, 15) is 9.90 Å². The van der Waals surface area contributed by atoms with Gasteiger partial charge in [0.2, 0.25) is 0 Å². The fraction of sp³-hybridized carbons (Fsp3) is 0.933. The molecule has 2 saturated heterocycles. The molecule has 0 amide bonds. The molecule has 2 fully saturated rings. The molecule has 0 aromatic rings. The molecule has 0 aliphatic carbocycles. The van der Waals surface area contributed by atoms with E-state index in [0.29, 0.717) is 12.1 Å². The van der Waals surface area contributed by atoms with Gasteiger partial charge in [0.25, 0.3) is 0 Å². The minimum Gasteiger partial charge on any atom is -0.481 e. The normalized spacial score (nSPS) is 37.9. The molecule has 0 aromatic heterocycles. The Balaban J connectivity index is 2.03. The van der Waals surface area contributed by atoms with Gasteiger partial charge >= 0.3 is 5.97 Å². The van der Waals surface area contributed by atoms with Gasteiger partial charge in [0.1, 0.15) is 0 Å². The van der Waals surface area contributed by atoms with Gasteiger partial charge in [-0.25, -0.2) is 0 Å². The van der Waals surface area contributed by atoms with Crippen LogP contribution >= 0.6 is 0 Å². The maximum absolute atomic E-state index is 11.7. The highest BCUT2D eigenvalue weighted by Crippen LogP contribution is 2.40. The van der Waals surface area contributed by atoms with Crippen LogP contribution in [-0.4, -0.2) is 59.6 Å². The summed E-state index contributed by atoms with van der Waals surface area (Å²) in [4.78, 5) is 16.5. The summed E-state index contributed by atoms with van der Waals surface area (Å²) in [6.07, 6.45) is 3.15. The standard InChI is InChI=1S/C15H28N2O2/c1-11(2)15(14(18)19)6-8-17(10-15)13-5-7-16(4)12(3)9-13/h11-13H,5-10H2,1-4H3,(H,18,19). The molecule has 4 nitrogen and oxygen atoms in total. The number of hydrogen-bond acceptors (Lipinski definition) is 3. The molecule has 0 aromatic carbocycles. The van der Waals surface area contributed by atoms with E-state index in [2.05, 4.69) is 37.6 Å². The van der Waals surface area contributed by atoms with E-state index < -0.39 is 11.4 Å². The Labute approximate surface area is 116 Å². The highest BCUT2D eigenvalue weighted by atomic mass is 16.4. The summed E-state index contributed by atoms with van der Waals surface area (Å²) in [5, 5.41) is 9.61. The van der Waals surface area contributed by atoms with Crippen molar-refractivity contribution in [3.05, 3.63) is 0 Å². The van der Waals surface area contributed by atoms with E-state index in [1.165, 1.54) is 12.8 Å². The van der Waals surface area contributed by atoms with Crippen molar-refractivity contribution in [2.24, 2.45) is 11.3 Å². The van der Waals surface area contributed by atoms with Gasteiger partial charge in [-0.2, -0.15) is 0 Å². The van der Waals surface area contributed by atoms with E-state index >= 15 is 0 Å². The fourth-order valence-electron chi connectivity index (χ4n) is 3.66. The summed E-state index contributed by atoms with van der Waals surface area (Å²) in [5.41, 5.74) is -0.521. The van der Waals surface area contributed by atoms with E-state index in [0.717, 1.165) is 26.1 Å². The van der Waals surface area contributed by atoms with Crippen LogP contribution in [0.3, 0.4) is 0 Å². The zero-order valence-corrected chi connectivity index (χ0v) is 12.7. The number of nitrogens with zero attached hydrogens (tertiary/aromatic N) is 2. The molecule has 4 heteroatoms. The van der Waals surface area contributed by atoms with Crippen LogP contribution in [0.1, 0.15) is 40.0 Å². The molecule has 2 aliphatic rings. The minimum absolute atomic E-state index is 0.207. The first-order valence-electron chi connectivity index (χ1n) is 7.54. The Bertz CT molecular complexity index is 345. The first kappa shape index (κ1) is 14.8. The van der Waals surface area contributed by atoms with E-state index in [1.807, 2.05) is 0 Å². The molecule has 0 radical (unpaired) electrons. The molecule has 0 spiro atoms. The zero-order chi connectivity index (χ0) is 14.2. The number of carbonyl (C=O) groups is 1. The number of likely N-dealkylation sites (tertiary alicyclic amines) is 2. The van der Waals surface area contributed by atoms with Gasteiger partial charge in [0.15, 0.2) is 0 Å². The predicted octanol–water partition coefficient (Wildman–Crippen LogP) is 1.90. The lowest BCUT2D eigenvalue weighted by Gasteiger charge is -2.40. The summed E-state index contributed by atoms with van der Waals surface area (Å²) >= 11 is 0. The second-order valence-electron chi connectivity index (χ2n) is 6.84. The van der Waals surface area contributed by atoms with Crippen molar-refractivity contribution in [1.29, 1.82) is 0 Å². The van der Waals surface area contributed by atoms with Crippen LogP contribution in [0.2, 0.25) is 0 Å². The Morgan fingerprint density at radius 2 is 2.05 bits per heavy atom. The lowest BCUT2D eigenvalue weighted by molar-refractivity contribution is -0.151. The molecule has 19 heavy (non-hydrogen) atoms. The summed E-state index contributed by atoms with van der Waals surface area (Å²) in [6.45, 7) is 9.19. The van der Waals surface area contributed by atoms with Gasteiger partial charge in [-0.1, -0.05) is 13.8 Å².